The van der Waals surface area contributed by atoms with Crippen LogP contribution in [0.2, 0.25) is 0 Å². The highest BCUT2D eigenvalue weighted by molar-refractivity contribution is 7.92. The number of carbonyl (C=O) groups excluding carboxylic acids is 1. The van der Waals surface area contributed by atoms with Crippen LogP contribution in [0.3, 0.4) is 0 Å². The van der Waals surface area contributed by atoms with E-state index in [1.54, 1.807) is 47.4 Å². The van der Waals surface area contributed by atoms with Gasteiger partial charge in [0.05, 0.1) is 10.6 Å². The van der Waals surface area contributed by atoms with Gasteiger partial charge in [0.1, 0.15) is 0 Å². The first kappa shape index (κ1) is 20.5. The summed E-state index contributed by atoms with van der Waals surface area (Å²) in [7, 11) is -4.20. The molecule has 1 heterocycles. The maximum atomic E-state index is 13.0. The van der Waals surface area contributed by atoms with E-state index in [1.807, 2.05) is 6.07 Å². The Hall–Kier alpha value is -3.72. The number of hydrogen-bond donors (Lipinski definition) is 1. The maximum Gasteiger partial charge on any atom is 0.289 e. The van der Waals surface area contributed by atoms with E-state index < -0.39 is 25.5 Å². The summed E-state index contributed by atoms with van der Waals surface area (Å²) in [6.07, 6.45) is 1.57. The molecule has 3 aromatic carbocycles. The molecule has 0 bridgehead atoms. The highest BCUT2D eigenvalue weighted by atomic mass is 32.2. The summed E-state index contributed by atoms with van der Waals surface area (Å²) in [6.45, 7) is 0.515. The minimum atomic E-state index is -4.20. The Morgan fingerprint density at radius 2 is 1.71 bits per heavy atom. The van der Waals surface area contributed by atoms with E-state index in [0.717, 1.165) is 24.5 Å². The van der Waals surface area contributed by atoms with E-state index in [0.29, 0.717) is 17.8 Å². The van der Waals surface area contributed by atoms with E-state index >= 15 is 0 Å². The maximum absolute atomic E-state index is 13.0. The standard InChI is InChI=1S/C22H19N3O5S/c26-22(17-7-2-1-3-8-17)24-14-6-9-16-12-13-18(15-20(16)24)23-31(29,30)21-11-5-4-10-19(21)25(27)28/h1-5,7-8,10-13,15,23H,6,9,14H2. The summed E-state index contributed by atoms with van der Waals surface area (Å²) in [5, 5.41) is 11.2. The largest absolute Gasteiger partial charge is 0.308 e. The van der Waals surface area contributed by atoms with Crippen molar-refractivity contribution < 1.29 is 18.1 Å². The summed E-state index contributed by atoms with van der Waals surface area (Å²) in [6, 6.07) is 19.0. The first-order chi connectivity index (χ1) is 14.9. The summed E-state index contributed by atoms with van der Waals surface area (Å²) in [4.78, 5) is 24.7. The summed E-state index contributed by atoms with van der Waals surface area (Å²) in [5.41, 5.74) is 1.83. The molecular formula is C22H19N3O5S. The Bertz CT molecular complexity index is 1260. The summed E-state index contributed by atoms with van der Waals surface area (Å²) in [5.74, 6) is -0.166. The van der Waals surface area contributed by atoms with Crippen LogP contribution in [0.5, 0.6) is 0 Å². The zero-order valence-electron chi connectivity index (χ0n) is 16.4. The molecule has 0 unspecified atom stereocenters. The molecule has 0 saturated heterocycles. The molecule has 0 aromatic heterocycles. The lowest BCUT2D eigenvalue weighted by Gasteiger charge is -2.30. The van der Waals surface area contributed by atoms with E-state index in [9.17, 15) is 23.3 Å². The Kier molecular flexibility index (Phi) is 5.43. The Morgan fingerprint density at radius 1 is 1.00 bits per heavy atom. The lowest BCUT2D eigenvalue weighted by Crippen LogP contribution is -2.35. The minimum absolute atomic E-state index is 0.166. The smallest absolute Gasteiger partial charge is 0.289 e. The predicted octanol–water partition coefficient (Wildman–Crippen LogP) is 3.99. The fraction of sp³-hybridized carbons (Fsp3) is 0.136. The summed E-state index contributed by atoms with van der Waals surface area (Å²) >= 11 is 0. The van der Waals surface area contributed by atoms with Crippen molar-refractivity contribution in [3.63, 3.8) is 0 Å². The summed E-state index contributed by atoms with van der Waals surface area (Å²) < 4.78 is 28.1. The molecule has 0 spiro atoms. The number of fused-ring (bicyclic) bond motifs is 1. The van der Waals surface area contributed by atoms with Gasteiger partial charge in [-0.25, -0.2) is 8.42 Å². The van der Waals surface area contributed by atoms with Crippen LogP contribution in [-0.2, 0) is 16.4 Å². The zero-order valence-corrected chi connectivity index (χ0v) is 17.2. The molecule has 8 nitrogen and oxygen atoms in total. The molecule has 1 aliphatic heterocycles. The highest BCUT2D eigenvalue weighted by Crippen LogP contribution is 2.33. The lowest BCUT2D eigenvalue weighted by molar-refractivity contribution is -0.387. The van der Waals surface area contributed by atoms with E-state index in [1.165, 1.54) is 18.2 Å². The van der Waals surface area contributed by atoms with Crippen molar-refractivity contribution in [3.8, 4) is 0 Å². The van der Waals surface area contributed by atoms with Crippen LogP contribution in [0.25, 0.3) is 0 Å². The number of sulfonamides is 1. The molecule has 1 N–H and O–H groups in total. The van der Waals surface area contributed by atoms with Gasteiger partial charge in [0, 0.05) is 23.9 Å². The Labute approximate surface area is 179 Å². The molecule has 1 aliphatic rings. The second-order valence-corrected chi connectivity index (χ2v) is 8.75. The second-order valence-electron chi connectivity index (χ2n) is 7.10. The van der Waals surface area contributed by atoms with E-state index in [4.69, 9.17) is 0 Å². The molecule has 0 radical (unpaired) electrons. The van der Waals surface area contributed by atoms with Crippen molar-refractivity contribution in [1.82, 2.24) is 0 Å². The van der Waals surface area contributed by atoms with Crippen molar-refractivity contribution in [2.75, 3.05) is 16.2 Å². The van der Waals surface area contributed by atoms with Crippen molar-refractivity contribution in [2.24, 2.45) is 0 Å². The SMILES string of the molecule is O=C(c1ccccc1)N1CCCc2ccc(NS(=O)(=O)c3ccccc3[N+](=O)[O-])cc21. The predicted molar refractivity (Wildman–Crippen MR) is 117 cm³/mol. The minimum Gasteiger partial charge on any atom is -0.308 e. The molecular weight excluding hydrogens is 418 g/mol. The van der Waals surface area contributed by atoms with E-state index in [2.05, 4.69) is 4.72 Å². The van der Waals surface area contributed by atoms with Gasteiger partial charge in [0.25, 0.3) is 21.6 Å². The number of carbonyl (C=O) groups is 1. The molecule has 3 aromatic rings. The molecule has 9 heteroatoms. The van der Waals surface area contributed by atoms with Crippen LogP contribution in [0, 0.1) is 10.1 Å². The average molecular weight is 437 g/mol. The van der Waals surface area contributed by atoms with Crippen LogP contribution in [-0.4, -0.2) is 25.8 Å². The van der Waals surface area contributed by atoms with Gasteiger partial charge in [-0.05, 0) is 48.7 Å². The second kappa shape index (κ2) is 8.19. The number of nitro benzene ring substituents is 1. The van der Waals surface area contributed by atoms with Gasteiger partial charge in [-0.15, -0.1) is 0 Å². The number of nitrogens with zero attached hydrogens (tertiary/aromatic N) is 2. The number of benzene rings is 3. The third kappa shape index (κ3) is 4.13. The first-order valence-corrected chi connectivity index (χ1v) is 11.1. The van der Waals surface area contributed by atoms with Crippen molar-refractivity contribution in [3.05, 3.63) is 94.0 Å². The van der Waals surface area contributed by atoms with Crippen molar-refractivity contribution >= 4 is 33.0 Å². The number of hydrogen-bond acceptors (Lipinski definition) is 5. The number of aryl methyl sites for hydroxylation is 1. The molecule has 158 valence electrons. The number of amides is 1. The average Bonchev–Trinajstić information content (AvgIpc) is 2.78. The Morgan fingerprint density at radius 3 is 2.45 bits per heavy atom. The van der Waals surface area contributed by atoms with Crippen molar-refractivity contribution in [2.45, 2.75) is 17.7 Å². The van der Waals surface area contributed by atoms with Gasteiger partial charge in [-0.3, -0.25) is 19.6 Å². The monoisotopic (exact) mass is 437 g/mol. The lowest BCUT2D eigenvalue weighted by atomic mass is 10.00. The quantitative estimate of drug-likeness (QED) is 0.479. The zero-order chi connectivity index (χ0) is 22.0. The topological polar surface area (TPSA) is 110 Å². The first-order valence-electron chi connectivity index (χ1n) is 9.63. The van der Waals surface area contributed by atoms with Crippen LogP contribution in [0.1, 0.15) is 22.3 Å². The van der Waals surface area contributed by atoms with Crippen LogP contribution >= 0.6 is 0 Å². The molecule has 0 fully saturated rings. The van der Waals surface area contributed by atoms with Gasteiger partial charge < -0.3 is 4.90 Å². The Balaban J connectivity index is 1.68. The number of nitro groups is 1. The fourth-order valence-corrected chi connectivity index (χ4v) is 4.85. The molecule has 0 aliphatic carbocycles. The van der Waals surface area contributed by atoms with Crippen LogP contribution < -0.4 is 9.62 Å². The number of rotatable bonds is 5. The third-order valence-corrected chi connectivity index (χ3v) is 6.50. The van der Waals surface area contributed by atoms with Gasteiger partial charge in [0.15, 0.2) is 4.90 Å². The molecule has 4 rings (SSSR count). The molecule has 0 atom stereocenters. The third-order valence-electron chi connectivity index (χ3n) is 5.07. The van der Waals surface area contributed by atoms with E-state index in [-0.39, 0.29) is 11.6 Å². The van der Waals surface area contributed by atoms with Gasteiger partial charge in [-0.1, -0.05) is 36.4 Å². The van der Waals surface area contributed by atoms with Crippen molar-refractivity contribution in [1.29, 1.82) is 0 Å². The molecule has 1 amide bonds. The molecule has 31 heavy (non-hydrogen) atoms. The number of para-hydroxylation sites is 1. The van der Waals surface area contributed by atoms with Gasteiger partial charge >= 0.3 is 0 Å². The van der Waals surface area contributed by atoms with Gasteiger partial charge in [-0.2, -0.15) is 0 Å². The van der Waals surface area contributed by atoms with Gasteiger partial charge in [0.2, 0.25) is 0 Å². The highest BCUT2D eigenvalue weighted by Gasteiger charge is 2.27. The normalized spacial score (nSPS) is 13.4. The van der Waals surface area contributed by atoms with Crippen LogP contribution in [0.15, 0.2) is 77.7 Å². The molecule has 0 saturated carbocycles. The van der Waals surface area contributed by atoms with Crippen LogP contribution in [0.4, 0.5) is 17.1 Å². The number of anilines is 2. The number of nitrogens with one attached hydrogen (secondary N) is 1. The fourth-order valence-electron chi connectivity index (χ4n) is 3.63.